The lowest BCUT2D eigenvalue weighted by atomic mass is 9.84. The normalized spacial score (nSPS) is 27.3. The highest BCUT2D eigenvalue weighted by Crippen LogP contribution is 2.32. The van der Waals surface area contributed by atoms with Crippen LogP contribution >= 0.6 is 0 Å². The molecule has 4 heteroatoms. The van der Waals surface area contributed by atoms with E-state index in [4.69, 9.17) is 4.74 Å². The molecule has 1 saturated heterocycles. The SMILES string of the molecule is COc1ccc2n(c1=O)C[C@H]1CNC[C@@H]2C1. The number of nitrogens with one attached hydrogen (secondary N) is 1. The molecule has 86 valence electrons. The summed E-state index contributed by atoms with van der Waals surface area (Å²) in [6.45, 7) is 2.84. The number of rotatable bonds is 1. The Kier molecular flexibility index (Phi) is 2.24. The summed E-state index contributed by atoms with van der Waals surface area (Å²) in [6, 6.07) is 3.83. The minimum atomic E-state index is 0.0246. The van der Waals surface area contributed by atoms with E-state index in [2.05, 4.69) is 5.32 Å². The topological polar surface area (TPSA) is 43.3 Å². The fraction of sp³-hybridized carbons (Fsp3) is 0.583. The van der Waals surface area contributed by atoms with Crippen LogP contribution in [0.5, 0.6) is 5.75 Å². The zero-order chi connectivity index (χ0) is 11.1. The molecule has 0 aliphatic carbocycles. The largest absolute Gasteiger partial charge is 0.491 e. The van der Waals surface area contributed by atoms with Crippen molar-refractivity contribution in [3.63, 3.8) is 0 Å². The molecule has 2 atom stereocenters. The maximum atomic E-state index is 12.1. The number of methoxy groups -OCH3 is 1. The lowest BCUT2D eigenvalue weighted by molar-refractivity contribution is 0.254. The number of hydrogen-bond acceptors (Lipinski definition) is 3. The molecule has 0 aromatic carbocycles. The van der Waals surface area contributed by atoms with E-state index in [1.807, 2.05) is 10.6 Å². The van der Waals surface area contributed by atoms with Gasteiger partial charge in [-0.3, -0.25) is 4.79 Å². The van der Waals surface area contributed by atoms with E-state index in [1.54, 1.807) is 13.2 Å². The van der Waals surface area contributed by atoms with Crippen LogP contribution in [0.15, 0.2) is 16.9 Å². The molecule has 1 aromatic rings. The van der Waals surface area contributed by atoms with Gasteiger partial charge in [0.25, 0.3) is 5.56 Å². The minimum Gasteiger partial charge on any atom is -0.491 e. The first kappa shape index (κ1) is 9.90. The second-order valence-corrected chi connectivity index (χ2v) is 4.70. The molecule has 1 N–H and O–H groups in total. The Labute approximate surface area is 94.2 Å². The quantitative estimate of drug-likeness (QED) is 0.752. The van der Waals surface area contributed by atoms with Gasteiger partial charge in [0.15, 0.2) is 5.75 Å². The first-order chi connectivity index (χ1) is 7.79. The summed E-state index contributed by atoms with van der Waals surface area (Å²) in [5.74, 6) is 1.54. The molecule has 3 rings (SSSR count). The first-order valence-corrected chi connectivity index (χ1v) is 5.78. The van der Waals surface area contributed by atoms with Gasteiger partial charge >= 0.3 is 0 Å². The number of piperidine rings is 1. The van der Waals surface area contributed by atoms with Gasteiger partial charge in [-0.1, -0.05) is 0 Å². The van der Waals surface area contributed by atoms with E-state index < -0.39 is 0 Å². The van der Waals surface area contributed by atoms with Crippen LogP contribution in [-0.2, 0) is 6.54 Å². The highest BCUT2D eigenvalue weighted by atomic mass is 16.5. The molecule has 0 saturated carbocycles. The monoisotopic (exact) mass is 220 g/mol. The van der Waals surface area contributed by atoms with Crippen LogP contribution in [0.1, 0.15) is 18.0 Å². The van der Waals surface area contributed by atoms with Gasteiger partial charge < -0.3 is 14.6 Å². The number of pyridine rings is 1. The predicted molar refractivity (Wildman–Crippen MR) is 61.0 cm³/mol. The molecular weight excluding hydrogens is 204 g/mol. The summed E-state index contributed by atoms with van der Waals surface area (Å²) in [7, 11) is 1.55. The summed E-state index contributed by atoms with van der Waals surface area (Å²) >= 11 is 0. The fourth-order valence-electron chi connectivity index (χ4n) is 2.93. The van der Waals surface area contributed by atoms with Crippen molar-refractivity contribution in [1.29, 1.82) is 0 Å². The summed E-state index contributed by atoms with van der Waals surface area (Å²) in [5.41, 5.74) is 1.19. The Morgan fingerprint density at radius 1 is 1.44 bits per heavy atom. The van der Waals surface area contributed by atoms with Crippen LogP contribution in [0, 0.1) is 5.92 Å². The zero-order valence-electron chi connectivity index (χ0n) is 9.40. The van der Waals surface area contributed by atoms with Crippen LogP contribution in [0.25, 0.3) is 0 Å². The van der Waals surface area contributed by atoms with Crippen LogP contribution in [0.2, 0.25) is 0 Å². The van der Waals surface area contributed by atoms with Crippen molar-refractivity contribution in [2.24, 2.45) is 5.92 Å². The van der Waals surface area contributed by atoms with Crippen molar-refractivity contribution in [3.8, 4) is 5.75 Å². The van der Waals surface area contributed by atoms with Crippen molar-refractivity contribution < 1.29 is 4.74 Å². The Balaban J connectivity index is 2.13. The van der Waals surface area contributed by atoms with Crippen molar-refractivity contribution in [3.05, 3.63) is 28.2 Å². The Bertz CT molecular complexity index is 467. The standard InChI is InChI=1S/C12H16N2O2/c1-16-11-3-2-10-9-4-8(5-13-6-9)7-14(10)12(11)15/h2-3,8-9,13H,4-7H2,1H3/t8-,9+/m1/s1. The summed E-state index contributed by atoms with van der Waals surface area (Å²) in [5, 5.41) is 3.43. The molecule has 16 heavy (non-hydrogen) atoms. The van der Waals surface area contributed by atoms with Gasteiger partial charge in [0.1, 0.15) is 0 Å². The molecule has 0 spiro atoms. The van der Waals surface area contributed by atoms with E-state index in [-0.39, 0.29) is 5.56 Å². The van der Waals surface area contributed by atoms with Gasteiger partial charge in [-0.15, -0.1) is 0 Å². The van der Waals surface area contributed by atoms with Gasteiger partial charge in [0, 0.05) is 24.7 Å². The van der Waals surface area contributed by atoms with E-state index in [9.17, 15) is 4.79 Å². The Morgan fingerprint density at radius 2 is 2.31 bits per heavy atom. The number of ether oxygens (including phenoxy) is 1. The van der Waals surface area contributed by atoms with Gasteiger partial charge in [0.05, 0.1) is 7.11 Å². The maximum Gasteiger partial charge on any atom is 0.293 e. The molecular formula is C12H16N2O2. The molecule has 2 aliphatic heterocycles. The molecule has 2 bridgehead atoms. The molecule has 1 fully saturated rings. The third-order valence-electron chi connectivity index (χ3n) is 3.69. The van der Waals surface area contributed by atoms with Gasteiger partial charge in [-0.2, -0.15) is 0 Å². The second kappa shape index (κ2) is 3.63. The highest BCUT2D eigenvalue weighted by Gasteiger charge is 2.31. The van der Waals surface area contributed by atoms with Crippen molar-refractivity contribution in [2.45, 2.75) is 18.9 Å². The lowest BCUT2D eigenvalue weighted by Gasteiger charge is -2.37. The first-order valence-electron chi connectivity index (χ1n) is 5.78. The summed E-state index contributed by atoms with van der Waals surface area (Å²) in [6.07, 6.45) is 1.21. The van der Waals surface area contributed by atoms with Crippen LogP contribution in [0.3, 0.4) is 0 Å². The van der Waals surface area contributed by atoms with E-state index in [0.717, 1.165) is 25.3 Å². The zero-order valence-corrected chi connectivity index (χ0v) is 9.40. The minimum absolute atomic E-state index is 0.0246. The molecule has 0 radical (unpaired) electrons. The number of hydrogen-bond donors (Lipinski definition) is 1. The Hall–Kier alpha value is -1.29. The second-order valence-electron chi connectivity index (χ2n) is 4.70. The molecule has 0 amide bonds. The number of nitrogens with zero attached hydrogens (tertiary/aromatic N) is 1. The molecule has 3 heterocycles. The van der Waals surface area contributed by atoms with Gasteiger partial charge in [-0.25, -0.2) is 0 Å². The summed E-state index contributed by atoms with van der Waals surface area (Å²) < 4.78 is 6.99. The number of fused-ring (bicyclic) bond motifs is 4. The van der Waals surface area contributed by atoms with E-state index in [0.29, 0.717) is 17.6 Å². The summed E-state index contributed by atoms with van der Waals surface area (Å²) in [4.78, 5) is 12.1. The van der Waals surface area contributed by atoms with Crippen molar-refractivity contribution in [2.75, 3.05) is 20.2 Å². The maximum absolute atomic E-state index is 12.1. The van der Waals surface area contributed by atoms with E-state index in [1.165, 1.54) is 6.42 Å². The third kappa shape index (κ3) is 1.37. The van der Waals surface area contributed by atoms with Crippen LogP contribution in [0.4, 0.5) is 0 Å². The molecule has 1 aromatic heterocycles. The molecule has 4 nitrogen and oxygen atoms in total. The average Bonchev–Trinajstić information content (AvgIpc) is 2.31. The Morgan fingerprint density at radius 3 is 3.12 bits per heavy atom. The fourth-order valence-corrected chi connectivity index (χ4v) is 2.93. The third-order valence-corrected chi connectivity index (χ3v) is 3.69. The van der Waals surface area contributed by atoms with E-state index >= 15 is 0 Å². The lowest BCUT2D eigenvalue weighted by Crippen LogP contribution is -2.44. The average molecular weight is 220 g/mol. The predicted octanol–water partition coefficient (Wildman–Crippen LogP) is 0.564. The molecule has 2 aliphatic rings. The van der Waals surface area contributed by atoms with Gasteiger partial charge in [-0.05, 0) is 31.0 Å². The van der Waals surface area contributed by atoms with Crippen LogP contribution < -0.4 is 15.6 Å². The van der Waals surface area contributed by atoms with Crippen molar-refractivity contribution in [1.82, 2.24) is 9.88 Å². The van der Waals surface area contributed by atoms with Crippen LogP contribution in [-0.4, -0.2) is 24.8 Å². The van der Waals surface area contributed by atoms with Crippen molar-refractivity contribution >= 4 is 0 Å². The number of aromatic nitrogens is 1. The highest BCUT2D eigenvalue weighted by molar-refractivity contribution is 5.25. The van der Waals surface area contributed by atoms with Gasteiger partial charge in [0.2, 0.25) is 0 Å². The smallest absolute Gasteiger partial charge is 0.293 e. The molecule has 0 unspecified atom stereocenters.